The van der Waals surface area contributed by atoms with Crippen LogP contribution in [0.2, 0.25) is 0 Å². The van der Waals surface area contributed by atoms with Crippen molar-refractivity contribution in [2.75, 3.05) is 0 Å². The highest BCUT2D eigenvalue weighted by atomic mass is 32.2. The zero-order valence-electron chi connectivity index (χ0n) is 10.2. The predicted octanol–water partition coefficient (Wildman–Crippen LogP) is 1.22. The van der Waals surface area contributed by atoms with Crippen LogP contribution in [0.25, 0.3) is 0 Å². The number of rotatable bonds is 6. The first-order valence-electron chi connectivity index (χ1n) is 5.25. The second-order valence-electron chi connectivity index (χ2n) is 3.83. The number of carboxylic acids is 1. The third-order valence-corrected chi connectivity index (χ3v) is 4.10. The fourth-order valence-electron chi connectivity index (χ4n) is 1.35. The average molecular weight is 302 g/mol. The Morgan fingerprint density at radius 3 is 2.40 bits per heavy atom. The maximum atomic E-state index is 11.7. The van der Waals surface area contributed by atoms with Gasteiger partial charge in [0, 0.05) is 22.4 Å². The topological polar surface area (TPSA) is 141 Å². The first-order valence-corrected chi connectivity index (χ1v) is 6.64. The van der Waals surface area contributed by atoms with E-state index in [1.54, 1.807) is 0 Å². The SMILES string of the molecule is CC(C(=O)O)S(=O)Cc1ccc([N+](=O)[O-])cc1[N+](=O)[O-]. The molecule has 0 bridgehead atoms. The van der Waals surface area contributed by atoms with Crippen molar-refractivity contribution < 1.29 is 24.0 Å². The van der Waals surface area contributed by atoms with Crippen molar-refractivity contribution in [2.24, 2.45) is 0 Å². The molecule has 9 nitrogen and oxygen atoms in total. The minimum Gasteiger partial charge on any atom is -0.480 e. The number of carboxylic acid groups (broad SMARTS) is 1. The number of nitro groups is 2. The fourth-order valence-corrected chi connectivity index (χ4v) is 2.37. The third-order valence-electron chi connectivity index (χ3n) is 2.52. The molecule has 0 heterocycles. The molecule has 2 atom stereocenters. The Morgan fingerprint density at radius 2 is 1.95 bits per heavy atom. The molecule has 20 heavy (non-hydrogen) atoms. The Labute approximate surface area is 115 Å². The van der Waals surface area contributed by atoms with E-state index in [1.807, 2.05) is 0 Å². The van der Waals surface area contributed by atoms with Gasteiger partial charge in [-0.3, -0.25) is 29.2 Å². The molecule has 108 valence electrons. The van der Waals surface area contributed by atoms with Gasteiger partial charge in [0.2, 0.25) is 0 Å². The monoisotopic (exact) mass is 302 g/mol. The number of hydrogen-bond donors (Lipinski definition) is 1. The number of hydrogen-bond acceptors (Lipinski definition) is 6. The van der Waals surface area contributed by atoms with Crippen LogP contribution in [0.15, 0.2) is 18.2 Å². The lowest BCUT2D eigenvalue weighted by molar-refractivity contribution is -0.394. The van der Waals surface area contributed by atoms with E-state index in [0.717, 1.165) is 18.2 Å². The summed E-state index contributed by atoms with van der Waals surface area (Å²) in [7, 11) is -1.86. The average Bonchev–Trinajstić information content (AvgIpc) is 2.37. The molecule has 10 heteroatoms. The molecule has 1 aromatic rings. The molecule has 2 unspecified atom stereocenters. The van der Waals surface area contributed by atoms with E-state index in [4.69, 9.17) is 5.11 Å². The van der Waals surface area contributed by atoms with Crippen molar-refractivity contribution in [3.63, 3.8) is 0 Å². The Kier molecular flexibility index (Phi) is 4.86. The summed E-state index contributed by atoms with van der Waals surface area (Å²) in [5.74, 6) is -1.64. The Balaban J connectivity index is 3.12. The van der Waals surface area contributed by atoms with Crippen LogP contribution in [0.4, 0.5) is 11.4 Å². The smallest absolute Gasteiger partial charge is 0.318 e. The van der Waals surface area contributed by atoms with Crippen LogP contribution in [0.1, 0.15) is 12.5 Å². The fraction of sp³-hybridized carbons (Fsp3) is 0.300. The quantitative estimate of drug-likeness (QED) is 0.615. The molecule has 0 aliphatic rings. The van der Waals surface area contributed by atoms with Gasteiger partial charge in [0.05, 0.1) is 21.7 Å². The van der Waals surface area contributed by atoms with Crippen LogP contribution in [0.5, 0.6) is 0 Å². The van der Waals surface area contributed by atoms with Gasteiger partial charge in [-0.15, -0.1) is 0 Å². The van der Waals surface area contributed by atoms with Crippen LogP contribution >= 0.6 is 0 Å². The molecule has 0 aliphatic carbocycles. The van der Waals surface area contributed by atoms with E-state index >= 15 is 0 Å². The molecule has 0 saturated heterocycles. The number of carbonyl (C=O) groups is 1. The van der Waals surface area contributed by atoms with Crippen LogP contribution in [-0.2, 0) is 21.3 Å². The summed E-state index contributed by atoms with van der Waals surface area (Å²) in [5.41, 5.74) is -1.02. The minimum atomic E-state index is -1.86. The predicted molar refractivity (Wildman–Crippen MR) is 68.7 cm³/mol. The Bertz CT molecular complexity index is 601. The van der Waals surface area contributed by atoms with Crippen molar-refractivity contribution in [3.8, 4) is 0 Å². The molecule has 1 rings (SSSR count). The highest BCUT2D eigenvalue weighted by molar-refractivity contribution is 7.85. The summed E-state index contributed by atoms with van der Waals surface area (Å²) in [4.78, 5) is 30.5. The Hall–Kier alpha value is -2.36. The van der Waals surface area contributed by atoms with Gasteiger partial charge >= 0.3 is 5.97 Å². The molecule has 0 fully saturated rings. The standard InChI is InChI=1S/C10H10N2O7S/c1-6(10(13)14)20(19)5-7-2-3-8(11(15)16)4-9(7)12(17)18/h2-4,6H,5H2,1H3,(H,13,14). The van der Waals surface area contributed by atoms with Crippen molar-refractivity contribution in [1.82, 2.24) is 0 Å². The van der Waals surface area contributed by atoms with Gasteiger partial charge in [0.25, 0.3) is 11.4 Å². The lowest BCUT2D eigenvalue weighted by atomic mass is 10.2. The molecule has 0 saturated carbocycles. The highest BCUT2D eigenvalue weighted by Crippen LogP contribution is 2.26. The highest BCUT2D eigenvalue weighted by Gasteiger charge is 2.24. The molecule has 0 aromatic heterocycles. The van der Waals surface area contributed by atoms with E-state index in [1.165, 1.54) is 6.92 Å². The van der Waals surface area contributed by atoms with Crippen LogP contribution in [0, 0.1) is 20.2 Å². The number of benzene rings is 1. The molecule has 0 spiro atoms. The van der Waals surface area contributed by atoms with E-state index in [-0.39, 0.29) is 11.3 Å². The van der Waals surface area contributed by atoms with E-state index in [9.17, 15) is 29.2 Å². The number of nitrogens with zero attached hydrogens (tertiary/aromatic N) is 2. The summed E-state index contributed by atoms with van der Waals surface area (Å²) in [5, 5.41) is 28.9. The second kappa shape index (κ2) is 6.19. The van der Waals surface area contributed by atoms with Crippen LogP contribution < -0.4 is 0 Å². The van der Waals surface area contributed by atoms with Crippen molar-refractivity contribution in [2.45, 2.75) is 17.9 Å². The first kappa shape index (κ1) is 15.7. The van der Waals surface area contributed by atoms with Gasteiger partial charge in [0.15, 0.2) is 0 Å². The number of nitro benzene ring substituents is 2. The zero-order chi connectivity index (χ0) is 15.4. The van der Waals surface area contributed by atoms with Crippen molar-refractivity contribution >= 4 is 28.1 Å². The first-order chi connectivity index (χ1) is 9.23. The third kappa shape index (κ3) is 3.57. The Morgan fingerprint density at radius 1 is 1.35 bits per heavy atom. The van der Waals surface area contributed by atoms with Gasteiger partial charge in [0.1, 0.15) is 5.25 Å². The van der Waals surface area contributed by atoms with Crippen molar-refractivity contribution in [3.05, 3.63) is 44.0 Å². The largest absolute Gasteiger partial charge is 0.480 e. The zero-order valence-corrected chi connectivity index (χ0v) is 11.0. The molecular weight excluding hydrogens is 292 g/mol. The molecule has 1 aromatic carbocycles. The summed E-state index contributed by atoms with van der Waals surface area (Å²) in [6.45, 7) is 1.22. The van der Waals surface area contributed by atoms with E-state index in [2.05, 4.69) is 0 Å². The lowest BCUT2D eigenvalue weighted by Gasteiger charge is -2.07. The maximum Gasteiger partial charge on any atom is 0.318 e. The van der Waals surface area contributed by atoms with Crippen LogP contribution in [0.3, 0.4) is 0 Å². The van der Waals surface area contributed by atoms with Gasteiger partial charge in [-0.05, 0) is 13.0 Å². The number of aliphatic carboxylic acids is 1. The minimum absolute atomic E-state index is 0.00738. The van der Waals surface area contributed by atoms with Crippen molar-refractivity contribution in [1.29, 1.82) is 0 Å². The van der Waals surface area contributed by atoms with Gasteiger partial charge in [-0.25, -0.2) is 0 Å². The molecule has 0 amide bonds. The number of non-ortho nitro benzene ring substituents is 1. The van der Waals surface area contributed by atoms with Gasteiger partial charge in [-0.2, -0.15) is 0 Å². The molecule has 1 N–H and O–H groups in total. The van der Waals surface area contributed by atoms with Gasteiger partial charge in [-0.1, -0.05) is 0 Å². The van der Waals surface area contributed by atoms with Crippen LogP contribution in [-0.4, -0.2) is 30.4 Å². The normalized spacial score (nSPS) is 13.4. The van der Waals surface area contributed by atoms with E-state index in [0.29, 0.717) is 0 Å². The molecular formula is C10H10N2O7S. The van der Waals surface area contributed by atoms with Gasteiger partial charge < -0.3 is 5.11 Å². The lowest BCUT2D eigenvalue weighted by Crippen LogP contribution is -2.23. The molecule has 0 aliphatic heterocycles. The molecule has 0 radical (unpaired) electrons. The van der Waals surface area contributed by atoms with E-state index < -0.39 is 43.2 Å². The summed E-state index contributed by atoms with van der Waals surface area (Å²) in [6, 6.07) is 2.92. The maximum absolute atomic E-state index is 11.7. The summed E-state index contributed by atoms with van der Waals surface area (Å²) < 4.78 is 11.7. The summed E-state index contributed by atoms with van der Waals surface area (Å²) in [6.07, 6.45) is 0. The second-order valence-corrected chi connectivity index (χ2v) is 5.59. The summed E-state index contributed by atoms with van der Waals surface area (Å²) >= 11 is 0.